The van der Waals surface area contributed by atoms with Crippen molar-refractivity contribution in [3.05, 3.63) is 64.2 Å². The summed E-state index contributed by atoms with van der Waals surface area (Å²) in [4.78, 5) is 26.8. The highest BCUT2D eigenvalue weighted by Crippen LogP contribution is 2.34. The fourth-order valence-corrected chi connectivity index (χ4v) is 4.22. The molecular weight excluding hydrogens is 400 g/mol. The SMILES string of the molecule is COc1ccc(N2C[C@H](c3nnc(NC(=O)c4ccc(C)c(C)c4)s3)CC2=O)cc1. The van der Waals surface area contributed by atoms with Gasteiger partial charge in [-0.2, -0.15) is 0 Å². The largest absolute Gasteiger partial charge is 0.497 e. The lowest BCUT2D eigenvalue weighted by molar-refractivity contribution is -0.117. The average Bonchev–Trinajstić information content (AvgIpc) is 3.36. The number of aryl methyl sites for hydroxylation is 2. The van der Waals surface area contributed by atoms with Gasteiger partial charge >= 0.3 is 0 Å². The van der Waals surface area contributed by atoms with Crippen LogP contribution in [0.15, 0.2) is 42.5 Å². The molecule has 0 bridgehead atoms. The van der Waals surface area contributed by atoms with Crippen LogP contribution in [0.2, 0.25) is 0 Å². The number of anilines is 2. The highest BCUT2D eigenvalue weighted by molar-refractivity contribution is 7.15. The Kier molecular flexibility index (Phi) is 5.50. The third kappa shape index (κ3) is 4.04. The molecule has 30 heavy (non-hydrogen) atoms. The van der Waals surface area contributed by atoms with Crippen LogP contribution in [0, 0.1) is 13.8 Å². The Labute approximate surface area is 178 Å². The first-order valence-electron chi connectivity index (χ1n) is 9.61. The Bertz CT molecular complexity index is 1090. The van der Waals surface area contributed by atoms with E-state index in [-0.39, 0.29) is 17.7 Å². The summed E-state index contributed by atoms with van der Waals surface area (Å²) in [7, 11) is 1.61. The zero-order valence-electron chi connectivity index (χ0n) is 17.0. The Morgan fingerprint density at radius 3 is 2.60 bits per heavy atom. The molecule has 1 N–H and O–H groups in total. The van der Waals surface area contributed by atoms with Crippen LogP contribution in [0.4, 0.5) is 10.8 Å². The van der Waals surface area contributed by atoms with E-state index in [0.29, 0.717) is 23.7 Å². The van der Waals surface area contributed by atoms with Crippen molar-refractivity contribution in [3.63, 3.8) is 0 Å². The maximum atomic E-state index is 12.5. The van der Waals surface area contributed by atoms with Crippen LogP contribution in [0.3, 0.4) is 0 Å². The van der Waals surface area contributed by atoms with Gasteiger partial charge in [0.25, 0.3) is 5.91 Å². The molecule has 0 saturated carbocycles. The molecule has 8 heteroatoms. The van der Waals surface area contributed by atoms with E-state index in [9.17, 15) is 9.59 Å². The number of rotatable bonds is 5. The number of ether oxygens (including phenoxy) is 1. The minimum Gasteiger partial charge on any atom is -0.497 e. The van der Waals surface area contributed by atoms with Crippen molar-refractivity contribution in [3.8, 4) is 5.75 Å². The molecule has 3 aromatic rings. The first kappa shape index (κ1) is 20.0. The number of methoxy groups -OCH3 is 1. The molecule has 1 aliphatic heterocycles. The molecular formula is C22H22N4O3S. The first-order valence-corrected chi connectivity index (χ1v) is 10.4. The van der Waals surface area contributed by atoms with Crippen molar-refractivity contribution in [2.75, 3.05) is 23.9 Å². The van der Waals surface area contributed by atoms with Crippen molar-refractivity contribution < 1.29 is 14.3 Å². The van der Waals surface area contributed by atoms with Crippen molar-refractivity contribution in [2.45, 2.75) is 26.2 Å². The quantitative estimate of drug-likeness (QED) is 0.673. The Balaban J connectivity index is 1.44. The Morgan fingerprint density at radius 2 is 1.90 bits per heavy atom. The van der Waals surface area contributed by atoms with E-state index in [1.165, 1.54) is 11.3 Å². The predicted octanol–water partition coefficient (Wildman–Crippen LogP) is 3.94. The molecule has 2 amide bonds. The molecule has 1 fully saturated rings. The second kappa shape index (κ2) is 8.23. The van der Waals surface area contributed by atoms with Crippen molar-refractivity contribution in [2.24, 2.45) is 0 Å². The molecule has 0 aliphatic carbocycles. The summed E-state index contributed by atoms with van der Waals surface area (Å²) in [5.74, 6) is 0.517. The fraction of sp³-hybridized carbons (Fsp3) is 0.273. The number of hydrogen-bond donors (Lipinski definition) is 1. The van der Waals surface area contributed by atoms with Gasteiger partial charge in [-0.3, -0.25) is 14.9 Å². The number of nitrogens with zero attached hydrogens (tertiary/aromatic N) is 3. The summed E-state index contributed by atoms with van der Waals surface area (Å²) >= 11 is 1.31. The van der Waals surface area contributed by atoms with Gasteiger partial charge in [-0.25, -0.2) is 0 Å². The third-order valence-electron chi connectivity index (χ3n) is 5.29. The standard InChI is InChI=1S/C22H22N4O3S/c1-13-4-5-15(10-14(13)2)20(28)23-22-25-24-21(30-22)16-11-19(27)26(12-16)17-6-8-18(29-3)9-7-17/h4-10,16H,11-12H2,1-3H3,(H,23,25,28)/t16-/m1/s1. The minimum absolute atomic E-state index is 0.0427. The summed E-state index contributed by atoms with van der Waals surface area (Å²) < 4.78 is 5.17. The lowest BCUT2D eigenvalue weighted by Crippen LogP contribution is -2.24. The minimum atomic E-state index is -0.219. The number of amides is 2. The first-order chi connectivity index (χ1) is 14.4. The van der Waals surface area contributed by atoms with Crippen LogP contribution in [0.25, 0.3) is 0 Å². The highest BCUT2D eigenvalue weighted by Gasteiger charge is 2.34. The average molecular weight is 423 g/mol. The molecule has 0 unspecified atom stereocenters. The number of aromatic nitrogens is 2. The van der Waals surface area contributed by atoms with Crippen LogP contribution in [0.5, 0.6) is 5.75 Å². The van der Waals surface area contributed by atoms with Gasteiger partial charge in [0.15, 0.2) is 0 Å². The van der Waals surface area contributed by atoms with Gasteiger partial charge in [0, 0.05) is 30.1 Å². The number of carbonyl (C=O) groups is 2. The van der Waals surface area contributed by atoms with Gasteiger partial charge in [-0.1, -0.05) is 17.4 Å². The summed E-state index contributed by atoms with van der Waals surface area (Å²) in [6, 6.07) is 13.0. The number of hydrogen-bond acceptors (Lipinski definition) is 6. The second-order valence-electron chi connectivity index (χ2n) is 7.30. The van der Waals surface area contributed by atoms with Crippen LogP contribution >= 0.6 is 11.3 Å². The summed E-state index contributed by atoms with van der Waals surface area (Å²) in [6.07, 6.45) is 0.367. The molecule has 0 spiro atoms. The van der Waals surface area contributed by atoms with Gasteiger partial charge in [0.2, 0.25) is 11.0 Å². The topological polar surface area (TPSA) is 84.4 Å². The van der Waals surface area contributed by atoms with Crippen LogP contribution in [0.1, 0.15) is 38.8 Å². The molecule has 2 aromatic carbocycles. The molecule has 1 saturated heterocycles. The number of carbonyl (C=O) groups excluding carboxylic acids is 2. The molecule has 1 aliphatic rings. The van der Waals surface area contributed by atoms with Gasteiger partial charge in [0.05, 0.1) is 7.11 Å². The molecule has 7 nitrogen and oxygen atoms in total. The summed E-state index contributed by atoms with van der Waals surface area (Å²) in [5.41, 5.74) is 3.61. The lowest BCUT2D eigenvalue weighted by atomic mass is 10.1. The predicted molar refractivity (Wildman–Crippen MR) is 116 cm³/mol. The summed E-state index contributed by atoms with van der Waals surface area (Å²) in [5, 5.41) is 12.3. The monoisotopic (exact) mass is 422 g/mol. The van der Waals surface area contributed by atoms with Crippen LogP contribution in [-0.2, 0) is 4.79 Å². The third-order valence-corrected chi connectivity index (χ3v) is 6.29. The van der Waals surface area contributed by atoms with E-state index < -0.39 is 0 Å². The molecule has 2 heterocycles. The smallest absolute Gasteiger partial charge is 0.257 e. The fourth-order valence-electron chi connectivity index (χ4n) is 3.39. The van der Waals surface area contributed by atoms with E-state index in [1.54, 1.807) is 18.1 Å². The summed E-state index contributed by atoms with van der Waals surface area (Å²) in [6.45, 7) is 4.51. The van der Waals surface area contributed by atoms with Gasteiger partial charge in [0.1, 0.15) is 10.8 Å². The van der Waals surface area contributed by atoms with E-state index >= 15 is 0 Å². The van der Waals surface area contributed by atoms with Crippen LogP contribution in [-0.4, -0.2) is 35.7 Å². The van der Waals surface area contributed by atoms with Crippen molar-refractivity contribution in [1.82, 2.24) is 10.2 Å². The van der Waals surface area contributed by atoms with Crippen LogP contribution < -0.4 is 15.0 Å². The molecule has 1 atom stereocenters. The lowest BCUT2D eigenvalue weighted by Gasteiger charge is -2.16. The highest BCUT2D eigenvalue weighted by atomic mass is 32.1. The molecule has 4 rings (SSSR count). The van der Waals surface area contributed by atoms with Gasteiger partial charge in [-0.15, -0.1) is 10.2 Å². The number of benzene rings is 2. The zero-order valence-corrected chi connectivity index (χ0v) is 17.8. The molecule has 154 valence electrons. The van der Waals surface area contributed by atoms with Gasteiger partial charge in [-0.05, 0) is 61.4 Å². The van der Waals surface area contributed by atoms with Crippen molar-refractivity contribution >= 4 is 34.0 Å². The Morgan fingerprint density at radius 1 is 1.13 bits per heavy atom. The zero-order chi connectivity index (χ0) is 21.3. The maximum Gasteiger partial charge on any atom is 0.257 e. The Hall–Kier alpha value is -3.26. The molecule has 1 aromatic heterocycles. The maximum absolute atomic E-state index is 12.5. The molecule has 0 radical (unpaired) electrons. The normalized spacial score (nSPS) is 16.0. The van der Waals surface area contributed by atoms with E-state index in [2.05, 4.69) is 15.5 Å². The second-order valence-corrected chi connectivity index (χ2v) is 8.31. The van der Waals surface area contributed by atoms with E-state index in [4.69, 9.17) is 4.74 Å². The number of nitrogens with one attached hydrogen (secondary N) is 1. The van der Waals surface area contributed by atoms with E-state index in [0.717, 1.165) is 27.6 Å². The van der Waals surface area contributed by atoms with E-state index in [1.807, 2.05) is 50.2 Å². The van der Waals surface area contributed by atoms with Crippen molar-refractivity contribution in [1.29, 1.82) is 0 Å². The van der Waals surface area contributed by atoms with Gasteiger partial charge < -0.3 is 9.64 Å².